The van der Waals surface area contributed by atoms with Crippen LogP contribution >= 0.6 is 15.9 Å². The molecule has 0 atom stereocenters. The van der Waals surface area contributed by atoms with Crippen molar-refractivity contribution in [3.8, 4) is 0 Å². The van der Waals surface area contributed by atoms with Crippen molar-refractivity contribution < 1.29 is 17.9 Å². The number of nitrogens with zero attached hydrogens (tertiary/aromatic N) is 1. The molecule has 2 rings (SSSR count). The molecule has 0 radical (unpaired) electrons. The molecule has 0 aliphatic rings. The Balaban J connectivity index is 2.45. The quantitative estimate of drug-likeness (QED) is 0.760. The molecule has 3 N–H and O–H groups in total. The minimum absolute atomic E-state index is 0.111. The normalized spacial score (nSPS) is 11.7. The smallest absolute Gasteiger partial charge is 0.281 e. The minimum Gasteiger partial charge on any atom is -0.392 e. The van der Waals surface area contributed by atoms with E-state index in [0.717, 1.165) is 6.07 Å². The lowest BCUT2D eigenvalue weighted by Gasteiger charge is -2.11. The lowest BCUT2D eigenvalue weighted by Crippen LogP contribution is -2.16. The molecule has 0 saturated heterocycles. The van der Waals surface area contributed by atoms with Gasteiger partial charge < -0.3 is 5.11 Å². The van der Waals surface area contributed by atoms with Crippen LogP contribution in [0.5, 0.6) is 0 Å². The summed E-state index contributed by atoms with van der Waals surface area (Å²) in [5.74, 6) is -0.584. The highest BCUT2D eigenvalue weighted by Gasteiger charge is 2.24. The van der Waals surface area contributed by atoms with Gasteiger partial charge in [-0.2, -0.15) is 13.5 Å². The fraction of sp³-hybridized carbons (Fsp3) is 0.250. The number of nitrogens with one attached hydrogen (secondary N) is 2. The first kappa shape index (κ1) is 15.9. The van der Waals surface area contributed by atoms with Gasteiger partial charge in [0.05, 0.1) is 16.8 Å². The number of aromatic amines is 1. The lowest BCUT2D eigenvalue weighted by atomic mass is 10.2. The summed E-state index contributed by atoms with van der Waals surface area (Å²) in [6, 6.07) is 2.55. The Hall–Kier alpha value is -1.45. The molecule has 1 aromatic carbocycles. The second-order valence-electron chi connectivity index (χ2n) is 4.48. The first-order valence-electron chi connectivity index (χ1n) is 5.89. The van der Waals surface area contributed by atoms with E-state index in [-0.39, 0.29) is 20.7 Å². The number of aliphatic hydroxyl groups excluding tert-OH is 1. The van der Waals surface area contributed by atoms with Crippen LogP contribution in [-0.2, 0) is 16.6 Å². The van der Waals surface area contributed by atoms with Crippen LogP contribution in [0.2, 0.25) is 0 Å². The highest BCUT2D eigenvalue weighted by Crippen LogP contribution is 2.26. The molecule has 0 amide bonds. The number of anilines is 1. The van der Waals surface area contributed by atoms with Crippen molar-refractivity contribution in [2.75, 3.05) is 4.72 Å². The van der Waals surface area contributed by atoms with Gasteiger partial charge in [0, 0.05) is 11.3 Å². The molecule has 1 aromatic heterocycles. The number of halogens is 2. The molecule has 0 aliphatic heterocycles. The van der Waals surface area contributed by atoms with E-state index >= 15 is 0 Å². The number of hydrogen-bond donors (Lipinski definition) is 3. The predicted molar refractivity (Wildman–Crippen MR) is 78.9 cm³/mol. The minimum atomic E-state index is -4.02. The van der Waals surface area contributed by atoms with E-state index < -0.39 is 22.4 Å². The van der Waals surface area contributed by atoms with Gasteiger partial charge in [-0.1, -0.05) is 0 Å². The van der Waals surface area contributed by atoms with Crippen molar-refractivity contribution in [2.24, 2.45) is 0 Å². The van der Waals surface area contributed by atoms with E-state index in [0.29, 0.717) is 11.3 Å². The summed E-state index contributed by atoms with van der Waals surface area (Å²) in [4.78, 5) is 0. The van der Waals surface area contributed by atoms with Crippen LogP contribution in [0, 0.1) is 19.7 Å². The van der Waals surface area contributed by atoms with Crippen LogP contribution in [0.4, 0.5) is 10.1 Å². The molecule has 6 nitrogen and oxygen atoms in total. The van der Waals surface area contributed by atoms with Crippen LogP contribution in [0.25, 0.3) is 0 Å². The van der Waals surface area contributed by atoms with Gasteiger partial charge in [0.15, 0.2) is 0 Å². The van der Waals surface area contributed by atoms with Gasteiger partial charge in [-0.25, -0.2) is 4.39 Å². The Morgan fingerprint density at radius 2 is 2.10 bits per heavy atom. The monoisotopic (exact) mass is 377 g/mol. The number of rotatable bonds is 4. The third kappa shape index (κ3) is 3.09. The average Bonchev–Trinajstić information content (AvgIpc) is 2.77. The second-order valence-corrected chi connectivity index (χ2v) is 6.93. The molecule has 114 valence electrons. The van der Waals surface area contributed by atoms with Crippen LogP contribution in [-0.4, -0.2) is 23.7 Å². The van der Waals surface area contributed by atoms with Crippen molar-refractivity contribution in [3.05, 3.63) is 39.2 Å². The van der Waals surface area contributed by atoms with E-state index in [9.17, 15) is 17.9 Å². The van der Waals surface area contributed by atoms with Crippen LogP contribution in [0.15, 0.2) is 21.6 Å². The molecule has 1 heterocycles. The molecule has 0 saturated carbocycles. The summed E-state index contributed by atoms with van der Waals surface area (Å²) >= 11 is 3.03. The number of sulfonamides is 1. The number of aliphatic hydroxyl groups is 1. The second kappa shape index (κ2) is 5.74. The molecule has 0 aliphatic carbocycles. The fourth-order valence-electron chi connectivity index (χ4n) is 1.79. The Labute approximate surface area is 129 Å². The van der Waals surface area contributed by atoms with Gasteiger partial charge in [0.2, 0.25) is 5.03 Å². The Kier molecular flexibility index (Phi) is 4.35. The summed E-state index contributed by atoms with van der Waals surface area (Å²) in [6.07, 6.45) is 0. The number of benzene rings is 1. The van der Waals surface area contributed by atoms with E-state index in [2.05, 4.69) is 30.8 Å². The number of hydrogen-bond acceptors (Lipinski definition) is 4. The largest absolute Gasteiger partial charge is 0.392 e. The molecule has 0 unspecified atom stereocenters. The first-order valence-corrected chi connectivity index (χ1v) is 8.17. The van der Waals surface area contributed by atoms with Gasteiger partial charge in [-0.05, 0) is 47.5 Å². The standard InChI is InChI=1S/C12H13BrFN3O3S/c1-6-3-9(13)10(14)4-11(6)17-21(19,20)12-8(5-18)7(2)15-16-12/h3-4,17-18H,5H2,1-2H3,(H,15,16). The van der Waals surface area contributed by atoms with Gasteiger partial charge >= 0.3 is 0 Å². The van der Waals surface area contributed by atoms with Gasteiger partial charge in [-0.3, -0.25) is 9.82 Å². The molecule has 0 bridgehead atoms. The molecule has 2 aromatic rings. The zero-order valence-electron chi connectivity index (χ0n) is 11.2. The van der Waals surface area contributed by atoms with E-state index in [1.165, 1.54) is 6.07 Å². The molecular weight excluding hydrogens is 365 g/mol. The van der Waals surface area contributed by atoms with Crippen LogP contribution in [0.1, 0.15) is 16.8 Å². The Morgan fingerprint density at radius 3 is 2.71 bits per heavy atom. The first-order chi connectivity index (χ1) is 9.76. The predicted octanol–water partition coefficient (Wildman–Crippen LogP) is 2.22. The highest BCUT2D eigenvalue weighted by molar-refractivity contribution is 9.10. The zero-order chi connectivity index (χ0) is 15.8. The van der Waals surface area contributed by atoms with Crippen molar-refractivity contribution in [1.82, 2.24) is 10.2 Å². The molecule has 0 spiro atoms. The van der Waals surface area contributed by atoms with Gasteiger partial charge in [0.25, 0.3) is 10.0 Å². The number of aryl methyl sites for hydroxylation is 2. The van der Waals surface area contributed by atoms with E-state index in [4.69, 9.17) is 0 Å². The maximum atomic E-state index is 13.5. The average molecular weight is 378 g/mol. The summed E-state index contributed by atoms with van der Waals surface area (Å²) in [5.41, 5.74) is 1.29. The van der Waals surface area contributed by atoms with Crippen molar-refractivity contribution in [3.63, 3.8) is 0 Å². The number of aromatic nitrogens is 2. The van der Waals surface area contributed by atoms with Crippen molar-refractivity contribution in [1.29, 1.82) is 0 Å². The van der Waals surface area contributed by atoms with Crippen molar-refractivity contribution >= 4 is 31.6 Å². The van der Waals surface area contributed by atoms with Gasteiger partial charge in [0.1, 0.15) is 5.82 Å². The maximum Gasteiger partial charge on any atom is 0.281 e. The lowest BCUT2D eigenvalue weighted by molar-refractivity contribution is 0.277. The third-order valence-corrected chi connectivity index (χ3v) is 4.90. The van der Waals surface area contributed by atoms with E-state index in [1.54, 1.807) is 13.8 Å². The van der Waals surface area contributed by atoms with Gasteiger partial charge in [-0.15, -0.1) is 0 Å². The SMILES string of the molecule is Cc1cc(Br)c(F)cc1NS(=O)(=O)c1n[nH]c(C)c1CO. The van der Waals surface area contributed by atoms with Crippen LogP contribution in [0.3, 0.4) is 0 Å². The Morgan fingerprint density at radius 1 is 1.43 bits per heavy atom. The summed E-state index contributed by atoms with van der Waals surface area (Å²) in [7, 11) is -4.02. The molecule has 9 heteroatoms. The summed E-state index contributed by atoms with van der Waals surface area (Å²) < 4.78 is 40.7. The molecular formula is C12H13BrFN3O3S. The third-order valence-electron chi connectivity index (χ3n) is 2.96. The topological polar surface area (TPSA) is 95.1 Å². The van der Waals surface area contributed by atoms with E-state index in [1.807, 2.05) is 0 Å². The molecule has 21 heavy (non-hydrogen) atoms. The van der Waals surface area contributed by atoms with Crippen LogP contribution < -0.4 is 4.72 Å². The Bertz CT molecular complexity index is 789. The highest BCUT2D eigenvalue weighted by atomic mass is 79.9. The maximum absolute atomic E-state index is 13.5. The zero-order valence-corrected chi connectivity index (χ0v) is 13.6. The molecule has 0 fully saturated rings. The fourth-order valence-corrected chi connectivity index (χ4v) is 3.56. The summed E-state index contributed by atoms with van der Waals surface area (Å²) in [6.45, 7) is 2.78. The van der Waals surface area contributed by atoms with Crippen molar-refractivity contribution in [2.45, 2.75) is 25.5 Å². The summed E-state index contributed by atoms with van der Waals surface area (Å²) in [5, 5.41) is 15.1. The number of H-pyrrole nitrogens is 1.